The van der Waals surface area contributed by atoms with Crippen LogP contribution in [0.2, 0.25) is 0 Å². The van der Waals surface area contributed by atoms with Gasteiger partial charge in [-0.05, 0) is 64.8 Å². The molecule has 0 saturated carbocycles. The summed E-state index contributed by atoms with van der Waals surface area (Å²) in [5.41, 5.74) is 0.310. The molecule has 1 aliphatic rings. The highest BCUT2D eigenvalue weighted by Crippen LogP contribution is 2.28. The molecule has 1 saturated heterocycles. The number of carbonyl (C=O) groups is 1. The number of amides is 1. The smallest absolute Gasteiger partial charge is 0.387 e. The molecule has 0 unspecified atom stereocenters. The number of nitrogens with one attached hydrogen (secondary N) is 2. The molecule has 1 fully saturated rings. The SMILES string of the molecule is CC1(C)CC(NC(=O)c2ccc(OC(F)F)cc2)CC(C)(C)N1. The maximum Gasteiger partial charge on any atom is 0.387 e. The number of alkyl halides is 2. The molecule has 23 heavy (non-hydrogen) atoms. The Morgan fingerprint density at radius 2 is 1.70 bits per heavy atom. The first-order valence-corrected chi connectivity index (χ1v) is 7.71. The Morgan fingerprint density at radius 3 is 2.17 bits per heavy atom. The molecule has 1 aromatic carbocycles. The normalized spacial score (nSPS) is 20.3. The van der Waals surface area contributed by atoms with Gasteiger partial charge in [0.25, 0.3) is 5.91 Å². The van der Waals surface area contributed by atoms with E-state index in [1.165, 1.54) is 24.3 Å². The van der Waals surface area contributed by atoms with Crippen molar-refractivity contribution >= 4 is 5.91 Å². The molecule has 0 bridgehead atoms. The summed E-state index contributed by atoms with van der Waals surface area (Å²) in [5.74, 6) is -0.159. The second-order valence-electron chi connectivity index (χ2n) is 7.37. The monoisotopic (exact) mass is 326 g/mol. The first-order chi connectivity index (χ1) is 10.6. The zero-order valence-corrected chi connectivity index (χ0v) is 14.0. The Kier molecular flexibility index (Phi) is 4.94. The molecule has 0 aliphatic carbocycles. The van der Waals surface area contributed by atoms with Crippen LogP contribution >= 0.6 is 0 Å². The lowest BCUT2D eigenvalue weighted by molar-refractivity contribution is -0.0498. The topological polar surface area (TPSA) is 50.4 Å². The average Bonchev–Trinajstić information content (AvgIpc) is 2.34. The summed E-state index contributed by atoms with van der Waals surface area (Å²) in [6, 6.07) is 5.79. The number of ether oxygens (including phenoxy) is 1. The molecular weight excluding hydrogens is 302 g/mol. The maximum atomic E-state index is 12.3. The summed E-state index contributed by atoms with van der Waals surface area (Å²) in [6.07, 6.45) is 1.66. The van der Waals surface area contributed by atoms with Crippen LogP contribution in [-0.2, 0) is 0 Å². The van der Waals surface area contributed by atoms with Crippen LogP contribution in [0.25, 0.3) is 0 Å². The molecule has 1 aliphatic heterocycles. The number of hydrogen-bond donors (Lipinski definition) is 2. The van der Waals surface area contributed by atoms with Crippen molar-refractivity contribution in [2.75, 3.05) is 0 Å². The molecule has 0 aromatic heterocycles. The first kappa shape index (κ1) is 17.7. The van der Waals surface area contributed by atoms with Gasteiger partial charge in [-0.25, -0.2) is 0 Å². The lowest BCUT2D eigenvalue weighted by Gasteiger charge is -2.46. The van der Waals surface area contributed by atoms with Gasteiger partial charge in [0.15, 0.2) is 0 Å². The summed E-state index contributed by atoms with van der Waals surface area (Å²) < 4.78 is 28.5. The van der Waals surface area contributed by atoms with Crippen molar-refractivity contribution in [1.82, 2.24) is 10.6 Å². The van der Waals surface area contributed by atoms with Crippen LogP contribution in [-0.4, -0.2) is 29.6 Å². The van der Waals surface area contributed by atoms with Gasteiger partial charge in [0.05, 0.1) is 0 Å². The Hall–Kier alpha value is -1.69. The molecule has 2 N–H and O–H groups in total. The van der Waals surface area contributed by atoms with Crippen LogP contribution in [0.15, 0.2) is 24.3 Å². The van der Waals surface area contributed by atoms with E-state index < -0.39 is 6.61 Å². The maximum absolute atomic E-state index is 12.3. The van der Waals surface area contributed by atoms with Gasteiger partial charge in [-0.1, -0.05) is 0 Å². The van der Waals surface area contributed by atoms with E-state index in [4.69, 9.17) is 0 Å². The third-order valence-electron chi connectivity index (χ3n) is 3.87. The van der Waals surface area contributed by atoms with Gasteiger partial charge < -0.3 is 15.4 Å². The molecule has 4 nitrogen and oxygen atoms in total. The minimum Gasteiger partial charge on any atom is -0.435 e. The second kappa shape index (κ2) is 6.43. The van der Waals surface area contributed by atoms with E-state index in [9.17, 15) is 13.6 Å². The standard InChI is InChI=1S/C17H24F2N2O2/c1-16(2)9-12(10-17(3,4)21-16)20-14(22)11-5-7-13(8-6-11)23-15(18)19/h5-8,12,15,21H,9-10H2,1-4H3,(H,20,22). The predicted octanol–water partition coefficient (Wildman–Crippen LogP) is 3.33. The minimum atomic E-state index is -2.87. The number of halogens is 2. The van der Waals surface area contributed by atoms with E-state index >= 15 is 0 Å². The highest BCUT2D eigenvalue weighted by Gasteiger charge is 2.38. The highest BCUT2D eigenvalue weighted by atomic mass is 19.3. The van der Waals surface area contributed by atoms with Gasteiger partial charge in [0.1, 0.15) is 5.75 Å². The van der Waals surface area contributed by atoms with E-state index in [2.05, 4.69) is 43.1 Å². The van der Waals surface area contributed by atoms with Crippen molar-refractivity contribution in [3.05, 3.63) is 29.8 Å². The van der Waals surface area contributed by atoms with Gasteiger partial charge in [-0.2, -0.15) is 8.78 Å². The molecule has 128 valence electrons. The first-order valence-electron chi connectivity index (χ1n) is 7.71. The van der Waals surface area contributed by atoms with Crippen LogP contribution in [0.5, 0.6) is 5.75 Å². The van der Waals surface area contributed by atoms with Crippen molar-refractivity contribution in [2.24, 2.45) is 0 Å². The Bertz CT molecular complexity index is 540. The second-order valence-corrected chi connectivity index (χ2v) is 7.37. The average molecular weight is 326 g/mol. The molecule has 1 heterocycles. The highest BCUT2D eigenvalue weighted by molar-refractivity contribution is 5.94. The van der Waals surface area contributed by atoms with Gasteiger partial charge in [-0.3, -0.25) is 4.79 Å². The van der Waals surface area contributed by atoms with E-state index in [0.29, 0.717) is 5.56 Å². The number of hydrogen-bond acceptors (Lipinski definition) is 3. The number of carbonyl (C=O) groups excluding carboxylic acids is 1. The molecule has 2 rings (SSSR count). The fourth-order valence-corrected chi connectivity index (χ4v) is 3.48. The van der Waals surface area contributed by atoms with Crippen LogP contribution < -0.4 is 15.4 Å². The molecule has 6 heteroatoms. The van der Waals surface area contributed by atoms with Crippen LogP contribution in [0.3, 0.4) is 0 Å². The van der Waals surface area contributed by atoms with Gasteiger partial charge in [-0.15, -0.1) is 0 Å². The summed E-state index contributed by atoms with van der Waals surface area (Å²) in [4.78, 5) is 12.3. The molecule has 0 atom stereocenters. The zero-order valence-electron chi connectivity index (χ0n) is 14.0. The van der Waals surface area contributed by atoms with Crippen molar-refractivity contribution in [1.29, 1.82) is 0 Å². The predicted molar refractivity (Wildman–Crippen MR) is 84.9 cm³/mol. The van der Waals surface area contributed by atoms with E-state index in [1.807, 2.05) is 0 Å². The van der Waals surface area contributed by atoms with Crippen LogP contribution in [0.4, 0.5) is 8.78 Å². The van der Waals surface area contributed by atoms with Gasteiger partial charge in [0.2, 0.25) is 0 Å². The summed E-state index contributed by atoms with van der Waals surface area (Å²) >= 11 is 0. The Labute approximate surface area is 135 Å². The third kappa shape index (κ3) is 5.16. The Morgan fingerprint density at radius 1 is 1.17 bits per heavy atom. The van der Waals surface area contributed by atoms with Crippen LogP contribution in [0.1, 0.15) is 50.9 Å². The number of benzene rings is 1. The van der Waals surface area contributed by atoms with Crippen molar-refractivity contribution in [3.63, 3.8) is 0 Å². The van der Waals surface area contributed by atoms with Crippen molar-refractivity contribution in [3.8, 4) is 5.75 Å². The third-order valence-corrected chi connectivity index (χ3v) is 3.87. The van der Waals surface area contributed by atoms with Crippen molar-refractivity contribution in [2.45, 2.75) is 64.3 Å². The van der Waals surface area contributed by atoms with E-state index in [-0.39, 0.29) is 28.8 Å². The van der Waals surface area contributed by atoms with Crippen LogP contribution in [0, 0.1) is 0 Å². The minimum absolute atomic E-state index is 0.0423. The summed E-state index contributed by atoms with van der Waals surface area (Å²) in [7, 11) is 0. The molecular formula is C17H24F2N2O2. The lowest BCUT2D eigenvalue weighted by Crippen LogP contribution is -2.62. The van der Waals surface area contributed by atoms with Crippen molar-refractivity contribution < 1.29 is 18.3 Å². The van der Waals surface area contributed by atoms with E-state index in [0.717, 1.165) is 12.8 Å². The van der Waals surface area contributed by atoms with Gasteiger partial charge in [0, 0.05) is 22.7 Å². The summed E-state index contributed by atoms with van der Waals surface area (Å²) in [5, 5.41) is 6.60. The molecule has 1 aromatic rings. The lowest BCUT2D eigenvalue weighted by atomic mass is 9.79. The fraction of sp³-hybridized carbons (Fsp3) is 0.588. The number of rotatable bonds is 4. The quantitative estimate of drug-likeness (QED) is 0.892. The zero-order chi connectivity index (χ0) is 17.3. The fourth-order valence-electron chi connectivity index (χ4n) is 3.48. The van der Waals surface area contributed by atoms with E-state index in [1.54, 1.807) is 0 Å². The molecule has 0 spiro atoms. The largest absolute Gasteiger partial charge is 0.435 e. The number of piperidine rings is 1. The van der Waals surface area contributed by atoms with Gasteiger partial charge >= 0.3 is 6.61 Å². The Balaban J connectivity index is 2.01. The molecule has 1 amide bonds. The summed E-state index contributed by atoms with van der Waals surface area (Å²) in [6.45, 7) is 5.59. The molecule has 0 radical (unpaired) electrons.